The van der Waals surface area contributed by atoms with E-state index in [1.807, 2.05) is 48.5 Å². The minimum Gasteiger partial charge on any atom is -0.208 e. The minimum absolute atomic E-state index is 0.553. The van der Waals surface area contributed by atoms with E-state index < -0.39 is 5.41 Å². The molecule has 0 atom stereocenters. The number of nitrogens with zero attached hydrogens (tertiary/aromatic N) is 4. The average Bonchev–Trinajstić information content (AvgIpc) is 3.77. The normalized spacial score (nSPS) is 12.7. The molecule has 0 saturated heterocycles. The van der Waals surface area contributed by atoms with Gasteiger partial charge >= 0.3 is 0 Å². The Balaban J connectivity index is 1.10. The average molecular weight is 725 g/mol. The van der Waals surface area contributed by atoms with Gasteiger partial charge in [-0.1, -0.05) is 182 Å². The van der Waals surface area contributed by atoms with Crippen molar-refractivity contribution < 1.29 is 0 Å². The molecule has 11 rings (SSSR count). The molecule has 57 heavy (non-hydrogen) atoms. The van der Waals surface area contributed by atoms with E-state index in [4.69, 9.17) is 15.0 Å². The number of nitriles is 1. The van der Waals surface area contributed by atoms with Gasteiger partial charge in [-0.25, -0.2) is 15.0 Å². The minimum atomic E-state index is -0.553. The van der Waals surface area contributed by atoms with E-state index in [1.54, 1.807) is 0 Å². The Morgan fingerprint density at radius 2 is 0.754 bits per heavy atom. The highest BCUT2D eigenvalue weighted by molar-refractivity contribution is 6.01. The summed E-state index contributed by atoms with van der Waals surface area (Å²) in [5.74, 6) is 1.81. The number of hydrogen-bond donors (Lipinski definition) is 0. The second-order valence-corrected chi connectivity index (χ2v) is 14.6. The Morgan fingerprint density at radius 1 is 0.333 bits per heavy atom. The van der Waals surface area contributed by atoms with Crippen molar-refractivity contribution in [3.63, 3.8) is 0 Å². The zero-order chi connectivity index (χ0) is 37.9. The zero-order valence-electron chi connectivity index (χ0n) is 30.8. The van der Waals surface area contributed by atoms with Crippen LogP contribution in [0.2, 0.25) is 0 Å². The van der Waals surface area contributed by atoms with Gasteiger partial charge in [-0.05, 0) is 73.3 Å². The summed E-state index contributed by atoms with van der Waals surface area (Å²) in [4.78, 5) is 15.2. The first-order chi connectivity index (χ1) is 28.2. The molecule has 0 aliphatic heterocycles. The van der Waals surface area contributed by atoms with Gasteiger partial charge in [-0.3, -0.25) is 0 Å². The molecule has 0 saturated carbocycles. The molecule has 2 aliphatic rings. The van der Waals surface area contributed by atoms with Crippen LogP contribution in [0.1, 0.15) is 27.8 Å². The molecule has 0 radical (unpaired) electrons. The highest BCUT2D eigenvalue weighted by atomic mass is 15.0. The molecule has 4 nitrogen and oxygen atoms in total. The molecule has 0 amide bonds. The summed E-state index contributed by atoms with van der Waals surface area (Å²) in [5.41, 5.74) is 16.6. The van der Waals surface area contributed by atoms with Crippen molar-refractivity contribution in [2.75, 3.05) is 0 Å². The van der Waals surface area contributed by atoms with Crippen molar-refractivity contribution in [2.45, 2.75) is 5.41 Å². The monoisotopic (exact) mass is 724 g/mol. The molecule has 9 aromatic rings. The Labute approximate surface area is 331 Å². The highest BCUT2D eigenvalue weighted by Gasteiger charge is 2.52. The fraction of sp³-hybridized carbons (Fsp3) is 0.0189. The summed E-state index contributed by atoms with van der Waals surface area (Å²) in [6, 6.07) is 70.2. The lowest BCUT2D eigenvalue weighted by molar-refractivity contribution is 0.793. The van der Waals surface area contributed by atoms with Crippen LogP contribution in [0.4, 0.5) is 0 Å². The Kier molecular flexibility index (Phi) is 7.42. The van der Waals surface area contributed by atoms with Gasteiger partial charge < -0.3 is 0 Å². The number of rotatable bonds is 5. The molecule has 0 bridgehead atoms. The van der Waals surface area contributed by atoms with Crippen molar-refractivity contribution in [3.8, 4) is 84.7 Å². The third kappa shape index (κ3) is 4.96. The Morgan fingerprint density at radius 3 is 1.40 bits per heavy atom. The van der Waals surface area contributed by atoms with Crippen LogP contribution in [-0.2, 0) is 5.41 Å². The summed E-state index contributed by atoms with van der Waals surface area (Å²) in [6.07, 6.45) is 0. The summed E-state index contributed by atoms with van der Waals surface area (Å²) < 4.78 is 0. The largest absolute Gasteiger partial charge is 0.208 e. The molecule has 0 fully saturated rings. The SMILES string of the molecule is N#Cc1cccc2c1-c1c(-c3cccc(-c4nc(-c5ccccc5)nc(-c5ccc(-c6ccccc6)cc5)n4)c3)cccc1C21c2ccccc2-c2ccccc21. The molecular formula is C53H32N4. The Bertz CT molecular complexity index is 3030. The van der Waals surface area contributed by atoms with E-state index in [1.165, 1.54) is 27.8 Å². The van der Waals surface area contributed by atoms with Crippen molar-refractivity contribution in [1.82, 2.24) is 15.0 Å². The number of hydrogen-bond acceptors (Lipinski definition) is 4. The smallest absolute Gasteiger partial charge is 0.164 e. The maximum atomic E-state index is 10.6. The Hall–Kier alpha value is -7.74. The highest BCUT2D eigenvalue weighted by Crippen LogP contribution is 2.64. The molecular weight excluding hydrogens is 693 g/mol. The van der Waals surface area contributed by atoms with E-state index in [0.717, 1.165) is 55.6 Å². The van der Waals surface area contributed by atoms with Crippen molar-refractivity contribution in [2.24, 2.45) is 0 Å². The quantitative estimate of drug-likeness (QED) is 0.177. The first-order valence-electron chi connectivity index (χ1n) is 19.2. The summed E-state index contributed by atoms with van der Waals surface area (Å²) >= 11 is 0. The molecule has 1 aromatic heterocycles. The number of benzene rings is 8. The summed E-state index contributed by atoms with van der Waals surface area (Å²) in [7, 11) is 0. The molecule has 0 unspecified atom stereocenters. The van der Waals surface area contributed by atoms with Gasteiger partial charge in [0.15, 0.2) is 17.5 Å². The molecule has 1 spiro atoms. The maximum Gasteiger partial charge on any atom is 0.164 e. The third-order valence-electron chi connectivity index (χ3n) is 11.6. The van der Waals surface area contributed by atoms with Crippen molar-refractivity contribution >= 4 is 0 Å². The van der Waals surface area contributed by atoms with E-state index in [2.05, 4.69) is 152 Å². The van der Waals surface area contributed by atoms with Gasteiger partial charge in [-0.2, -0.15) is 5.26 Å². The maximum absolute atomic E-state index is 10.6. The fourth-order valence-electron chi connectivity index (χ4n) is 9.18. The van der Waals surface area contributed by atoms with Crippen LogP contribution in [0.3, 0.4) is 0 Å². The van der Waals surface area contributed by atoms with E-state index in [0.29, 0.717) is 23.0 Å². The lowest BCUT2D eigenvalue weighted by atomic mass is 9.70. The topological polar surface area (TPSA) is 62.5 Å². The van der Waals surface area contributed by atoms with Crippen LogP contribution >= 0.6 is 0 Å². The first kappa shape index (κ1) is 32.7. The lowest BCUT2D eigenvalue weighted by Crippen LogP contribution is -2.25. The molecule has 4 heteroatoms. The van der Waals surface area contributed by atoms with Gasteiger partial charge in [-0.15, -0.1) is 0 Å². The molecule has 264 valence electrons. The number of aromatic nitrogens is 3. The third-order valence-corrected chi connectivity index (χ3v) is 11.6. The summed E-state index contributed by atoms with van der Waals surface area (Å²) in [6.45, 7) is 0. The standard InChI is InChI=1S/C53H32N4/c54-33-40-20-12-26-46-48(40)49-41(23-13-27-47(49)53(46)44-24-9-7-21-42(44)43-22-8-10-25-45(43)53)38-18-11-19-39(32-38)52-56-50(36-16-5-2-6-17-36)55-51(57-52)37-30-28-35(29-31-37)34-14-3-1-4-15-34/h1-32H. The molecule has 2 aliphatic carbocycles. The van der Waals surface area contributed by atoms with E-state index >= 15 is 0 Å². The van der Waals surface area contributed by atoms with Gasteiger partial charge in [0.05, 0.1) is 17.0 Å². The predicted molar refractivity (Wildman–Crippen MR) is 228 cm³/mol. The second kappa shape index (κ2) is 12.9. The van der Waals surface area contributed by atoms with Crippen LogP contribution < -0.4 is 0 Å². The van der Waals surface area contributed by atoms with Gasteiger partial charge in [0.25, 0.3) is 0 Å². The van der Waals surface area contributed by atoms with Gasteiger partial charge in [0.1, 0.15) is 0 Å². The molecule has 0 N–H and O–H groups in total. The van der Waals surface area contributed by atoms with Crippen LogP contribution in [0, 0.1) is 11.3 Å². The van der Waals surface area contributed by atoms with Crippen molar-refractivity contribution in [1.29, 1.82) is 5.26 Å². The fourth-order valence-corrected chi connectivity index (χ4v) is 9.18. The van der Waals surface area contributed by atoms with Gasteiger partial charge in [0, 0.05) is 22.3 Å². The first-order valence-corrected chi connectivity index (χ1v) is 19.2. The van der Waals surface area contributed by atoms with Crippen LogP contribution in [0.15, 0.2) is 194 Å². The lowest BCUT2D eigenvalue weighted by Gasteiger charge is -2.30. The predicted octanol–water partition coefficient (Wildman–Crippen LogP) is 12.4. The zero-order valence-corrected chi connectivity index (χ0v) is 30.8. The number of fused-ring (bicyclic) bond motifs is 10. The molecule has 8 aromatic carbocycles. The van der Waals surface area contributed by atoms with E-state index in [-0.39, 0.29) is 0 Å². The van der Waals surface area contributed by atoms with Crippen LogP contribution in [0.5, 0.6) is 0 Å². The van der Waals surface area contributed by atoms with Crippen molar-refractivity contribution in [3.05, 3.63) is 222 Å². The van der Waals surface area contributed by atoms with E-state index in [9.17, 15) is 5.26 Å². The van der Waals surface area contributed by atoms with Crippen LogP contribution in [-0.4, -0.2) is 15.0 Å². The summed E-state index contributed by atoms with van der Waals surface area (Å²) in [5, 5.41) is 10.6. The second-order valence-electron chi connectivity index (χ2n) is 14.6. The molecule has 1 heterocycles. The van der Waals surface area contributed by atoms with Crippen LogP contribution in [0.25, 0.3) is 78.7 Å². The van der Waals surface area contributed by atoms with Gasteiger partial charge in [0.2, 0.25) is 0 Å².